The molecule has 2 heterocycles. The van der Waals surface area contributed by atoms with Crippen molar-refractivity contribution in [2.75, 3.05) is 11.9 Å². The Labute approximate surface area is 156 Å². The number of carbonyl (C=O) groups excluding carboxylic acids is 1. The van der Waals surface area contributed by atoms with Gasteiger partial charge in [-0.1, -0.05) is 26.0 Å². The van der Waals surface area contributed by atoms with Gasteiger partial charge in [0.2, 0.25) is 0 Å². The number of aromatic nitrogens is 2. The van der Waals surface area contributed by atoms with Gasteiger partial charge in [0.1, 0.15) is 5.82 Å². The van der Waals surface area contributed by atoms with E-state index in [4.69, 9.17) is 0 Å². The van der Waals surface area contributed by atoms with Crippen LogP contribution in [-0.2, 0) is 26.4 Å². The normalized spacial score (nSPS) is 17.6. The van der Waals surface area contributed by atoms with Gasteiger partial charge in [0, 0.05) is 30.8 Å². The third-order valence-electron chi connectivity index (χ3n) is 5.41. The third-order valence-corrected chi connectivity index (χ3v) is 5.41. The molecule has 0 radical (unpaired) electrons. The fourth-order valence-electron chi connectivity index (χ4n) is 3.89. The number of hydrogen-bond donors (Lipinski definition) is 1. The Kier molecular flexibility index (Phi) is 5.77. The molecule has 0 unspecified atom stereocenters. The lowest BCUT2D eigenvalue weighted by Crippen LogP contribution is -2.26. The van der Waals surface area contributed by atoms with Gasteiger partial charge < -0.3 is 5.32 Å². The Balaban J connectivity index is 1.76. The second-order valence-electron chi connectivity index (χ2n) is 7.22. The molecule has 3 rings (SSSR count). The Hall–Kier alpha value is -2.14. The van der Waals surface area contributed by atoms with Gasteiger partial charge in [-0.3, -0.25) is 14.4 Å². The van der Waals surface area contributed by atoms with Crippen LogP contribution >= 0.6 is 0 Å². The van der Waals surface area contributed by atoms with Crippen molar-refractivity contribution in [1.82, 2.24) is 14.7 Å². The maximum atomic E-state index is 12.8. The first-order chi connectivity index (χ1) is 12.5. The van der Waals surface area contributed by atoms with Gasteiger partial charge in [0.15, 0.2) is 0 Å². The van der Waals surface area contributed by atoms with Gasteiger partial charge in [0.25, 0.3) is 5.91 Å². The summed E-state index contributed by atoms with van der Waals surface area (Å²) >= 11 is 0. The minimum absolute atomic E-state index is 0.0679. The number of aryl methyl sites for hydroxylation is 2. The number of nitrogens with one attached hydrogen (secondary N) is 1. The van der Waals surface area contributed by atoms with E-state index in [1.165, 1.54) is 18.4 Å². The van der Waals surface area contributed by atoms with Crippen molar-refractivity contribution in [3.63, 3.8) is 0 Å². The van der Waals surface area contributed by atoms with Crippen LogP contribution in [0.3, 0.4) is 0 Å². The maximum Gasteiger partial charge on any atom is 0.256 e. The molecule has 1 aromatic heterocycles. The van der Waals surface area contributed by atoms with E-state index in [1.807, 2.05) is 25.2 Å². The summed E-state index contributed by atoms with van der Waals surface area (Å²) in [5, 5.41) is 7.61. The highest BCUT2D eigenvalue weighted by Gasteiger charge is 2.21. The second-order valence-corrected chi connectivity index (χ2v) is 7.22. The van der Waals surface area contributed by atoms with E-state index in [1.54, 1.807) is 4.68 Å². The smallest absolute Gasteiger partial charge is 0.256 e. The van der Waals surface area contributed by atoms with Crippen LogP contribution in [0, 0.1) is 0 Å². The van der Waals surface area contributed by atoms with Crippen LogP contribution in [0.5, 0.6) is 0 Å². The van der Waals surface area contributed by atoms with Crippen LogP contribution in [0.1, 0.15) is 60.8 Å². The van der Waals surface area contributed by atoms with Crippen LogP contribution < -0.4 is 5.32 Å². The molecule has 1 atom stereocenters. The minimum atomic E-state index is -0.0679. The van der Waals surface area contributed by atoms with Crippen molar-refractivity contribution in [2.45, 2.75) is 59.0 Å². The molecule has 0 aliphatic carbocycles. The summed E-state index contributed by atoms with van der Waals surface area (Å²) < 4.78 is 1.78. The number of nitrogens with zero attached hydrogens (tertiary/aromatic N) is 3. The van der Waals surface area contributed by atoms with Gasteiger partial charge in [0.05, 0.1) is 5.69 Å². The van der Waals surface area contributed by atoms with E-state index in [9.17, 15) is 4.79 Å². The van der Waals surface area contributed by atoms with Gasteiger partial charge in [-0.15, -0.1) is 0 Å². The van der Waals surface area contributed by atoms with Crippen molar-refractivity contribution in [1.29, 1.82) is 0 Å². The summed E-state index contributed by atoms with van der Waals surface area (Å²) in [5.41, 5.74) is 4.09. The topological polar surface area (TPSA) is 50.2 Å². The predicted octanol–water partition coefficient (Wildman–Crippen LogP) is 3.78. The number of rotatable bonds is 6. The molecule has 1 amide bonds. The molecule has 1 aliphatic heterocycles. The lowest BCUT2D eigenvalue weighted by atomic mass is 10.1. The number of amides is 1. The Morgan fingerprint density at radius 2 is 2.12 bits per heavy atom. The molecule has 1 N–H and O–H groups in total. The Bertz CT molecular complexity index is 780. The van der Waals surface area contributed by atoms with Gasteiger partial charge in [-0.05, 0) is 56.8 Å². The van der Waals surface area contributed by atoms with Crippen molar-refractivity contribution in [2.24, 2.45) is 7.05 Å². The zero-order valence-corrected chi connectivity index (χ0v) is 16.4. The zero-order chi connectivity index (χ0) is 18.7. The molecular formula is C21H30N4O. The zero-order valence-electron chi connectivity index (χ0n) is 16.4. The summed E-state index contributed by atoms with van der Waals surface area (Å²) in [6.07, 6.45) is 4.26. The highest BCUT2D eigenvalue weighted by molar-refractivity contribution is 6.04. The van der Waals surface area contributed by atoms with E-state index in [2.05, 4.69) is 42.2 Å². The first-order valence-corrected chi connectivity index (χ1v) is 9.72. The maximum absolute atomic E-state index is 12.8. The standard InChI is InChI=1S/C21H30N4O/c1-5-18-19(6-2)23-24(4)20(18)22-21(26)17-11-7-10-16(13-17)14-25-12-8-9-15(25)3/h7,10-11,13,15H,5-6,8-9,12,14H2,1-4H3,(H,22,26)/t15-/m1/s1. The van der Waals surface area contributed by atoms with Crippen LogP contribution in [0.2, 0.25) is 0 Å². The van der Waals surface area contributed by atoms with E-state index < -0.39 is 0 Å². The monoisotopic (exact) mass is 354 g/mol. The Morgan fingerprint density at radius 1 is 1.31 bits per heavy atom. The lowest BCUT2D eigenvalue weighted by molar-refractivity contribution is 0.102. The van der Waals surface area contributed by atoms with Crippen LogP contribution in [-0.4, -0.2) is 33.2 Å². The molecular weight excluding hydrogens is 324 g/mol. The lowest BCUT2D eigenvalue weighted by Gasteiger charge is -2.21. The molecule has 0 spiro atoms. The molecule has 0 bridgehead atoms. The van der Waals surface area contributed by atoms with Crippen molar-refractivity contribution >= 4 is 11.7 Å². The number of hydrogen-bond acceptors (Lipinski definition) is 3. The largest absolute Gasteiger partial charge is 0.307 e. The molecule has 2 aromatic rings. The molecule has 26 heavy (non-hydrogen) atoms. The minimum Gasteiger partial charge on any atom is -0.307 e. The van der Waals surface area contributed by atoms with Gasteiger partial charge in [-0.25, -0.2) is 0 Å². The van der Waals surface area contributed by atoms with E-state index in [0.717, 1.165) is 43.0 Å². The van der Waals surface area contributed by atoms with Gasteiger partial charge in [-0.2, -0.15) is 5.10 Å². The van der Waals surface area contributed by atoms with Crippen LogP contribution in [0.15, 0.2) is 24.3 Å². The van der Waals surface area contributed by atoms with E-state index >= 15 is 0 Å². The number of likely N-dealkylation sites (tertiary alicyclic amines) is 1. The van der Waals surface area contributed by atoms with Gasteiger partial charge >= 0.3 is 0 Å². The first-order valence-electron chi connectivity index (χ1n) is 9.72. The molecule has 1 saturated heterocycles. The SMILES string of the molecule is CCc1nn(C)c(NC(=O)c2cccc(CN3CCC[C@H]3C)c2)c1CC. The number of benzene rings is 1. The van der Waals surface area contributed by atoms with Crippen molar-refractivity contribution in [3.05, 3.63) is 46.6 Å². The average Bonchev–Trinajstić information content (AvgIpc) is 3.18. The molecule has 1 aliphatic rings. The summed E-state index contributed by atoms with van der Waals surface area (Å²) in [5.74, 6) is 0.745. The fourth-order valence-corrected chi connectivity index (χ4v) is 3.89. The van der Waals surface area contributed by atoms with Crippen molar-refractivity contribution in [3.8, 4) is 0 Å². The van der Waals surface area contributed by atoms with Crippen molar-refractivity contribution < 1.29 is 4.79 Å². The third kappa shape index (κ3) is 3.83. The fraction of sp³-hybridized carbons (Fsp3) is 0.524. The molecule has 1 aromatic carbocycles. The quantitative estimate of drug-likeness (QED) is 0.859. The summed E-state index contributed by atoms with van der Waals surface area (Å²) in [6, 6.07) is 8.62. The average molecular weight is 354 g/mol. The predicted molar refractivity (Wildman–Crippen MR) is 105 cm³/mol. The van der Waals surface area contributed by atoms with E-state index in [0.29, 0.717) is 11.6 Å². The molecule has 5 heteroatoms. The molecule has 5 nitrogen and oxygen atoms in total. The summed E-state index contributed by atoms with van der Waals surface area (Å²) in [7, 11) is 1.89. The summed E-state index contributed by atoms with van der Waals surface area (Å²) in [6.45, 7) is 8.53. The first kappa shape index (κ1) is 18.6. The highest BCUT2D eigenvalue weighted by atomic mass is 16.1. The Morgan fingerprint density at radius 3 is 2.77 bits per heavy atom. The van der Waals surface area contributed by atoms with Crippen LogP contribution in [0.25, 0.3) is 0 Å². The molecule has 1 fully saturated rings. The molecule has 140 valence electrons. The number of carbonyl (C=O) groups is 1. The second kappa shape index (κ2) is 8.04. The highest BCUT2D eigenvalue weighted by Crippen LogP contribution is 2.22. The van der Waals surface area contributed by atoms with Crippen LogP contribution in [0.4, 0.5) is 5.82 Å². The molecule has 0 saturated carbocycles. The number of anilines is 1. The van der Waals surface area contributed by atoms with E-state index in [-0.39, 0.29) is 5.91 Å². The summed E-state index contributed by atoms with van der Waals surface area (Å²) in [4.78, 5) is 15.3.